The molecule has 3 atom stereocenters. The number of fused-ring (bicyclic) bond motifs is 1. The molecule has 0 saturated carbocycles. The van der Waals surface area contributed by atoms with E-state index in [0.717, 1.165) is 11.1 Å². The molecule has 0 aromatic rings. The molecular formula is C12H15F2N2-. The third-order valence-corrected chi connectivity index (χ3v) is 3.02. The summed E-state index contributed by atoms with van der Waals surface area (Å²) in [6.07, 6.45) is 3.28. The first-order valence-electron chi connectivity index (χ1n) is 5.42. The van der Waals surface area contributed by atoms with E-state index in [4.69, 9.17) is 0 Å². The topological polar surface area (TPSA) is 24.4 Å². The Morgan fingerprint density at radius 2 is 2.38 bits per heavy atom. The standard InChI is InChI=1S/C12H15F2N2/c1-7(2)9-5-10(14)12-11(15-6-16-12)8(9)3-4-13/h5-7,11-12H,1,3-4H2,2H3,(H,15,16)/q-1. The summed E-state index contributed by atoms with van der Waals surface area (Å²) in [6, 6.07) is -0.732. The second-order valence-electron chi connectivity index (χ2n) is 4.22. The maximum atomic E-state index is 13.7. The van der Waals surface area contributed by atoms with E-state index in [1.165, 1.54) is 12.4 Å². The van der Waals surface area contributed by atoms with E-state index in [0.29, 0.717) is 6.42 Å². The van der Waals surface area contributed by atoms with Gasteiger partial charge in [-0.1, -0.05) is 12.5 Å². The SMILES string of the molecule is [CH2-]C(C)C1=C(CCF)C2NC=NC2C(F)=C1. The lowest BCUT2D eigenvalue weighted by Crippen LogP contribution is -2.37. The summed E-state index contributed by atoms with van der Waals surface area (Å²) >= 11 is 0. The Morgan fingerprint density at radius 1 is 1.62 bits per heavy atom. The molecule has 3 unspecified atom stereocenters. The molecule has 2 aliphatic rings. The Balaban J connectivity index is 2.39. The molecule has 1 aliphatic heterocycles. The van der Waals surface area contributed by atoms with Crippen LogP contribution in [0.15, 0.2) is 28.0 Å². The van der Waals surface area contributed by atoms with Gasteiger partial charge in [0.05, 0.1) is 19.1 Å². The maximum Gasteiger partial charge on any atom is 0.127 e. The first-order chi connectivity index (χ1) is 7.65. The predicted molar refractivity (Wildman–Crippen MR) is 60.5 cm³/mol. The first kappa shape index (κ1) is 11.3. The van der Waals surface area contributed by atoms with Gasteiger partial charge in [0.1, 0.15) is 11.9 Å². The minimum Gasteiger partial charge on any atom is -0.367 e. The normalized spacial score (nSPS) is 29.9. The third-order valence-electron chi connectivity index (χ3n) is 3.02. The maximum absolute atomic E-state index is 13.7. The van der Waals surface area contributed by atoms with Crippen LogP contribution in [0.4, 0.5) is 8.78 Å². The molecule has 0 aromatic carbocycles. The minimum absolute atomic E-state index is 0.0457. The number of alkyl halides is 1. The first-order valence-corrected chi connectivity index (χ1v) is 5.42. The van der Waals surface area contributed by atoms with Crippen LogP contribution < -0.4 is 5.32 Å². The highest BCUT2D eigenvalue weighted by atomic mass is 19.1. The fraction of sp³-hybridized carbons (Fsp3) is 0.500. The van der Waals surface area contributed by atoms with Gasteiger partial charge in [0.2, 0.25) is 0 Å². The second kappa shape index (κ2) is 4.36. The Hall–Kier alpha value is -1.19. The Kier molecular flexibility index (Phi) is 3.08. The van der Waals surface area contributed by atoms with Crippen LogP contribution in [0.25, 0.3) is 0 Å². The average molecular weight is 225 g/mol. The van der Waals surface area contributed by atoms with Crippen LogP contribution in [0.5, 0.6) is 0 Å². The summed E-state index contributed by atoms with van der Waals surface area (Å²) in [5.41, 5.74) is 1.70. The fourth-order valence-corrected chi connectivity index (χ4v) is 2.27. The summed E-state index contributed by atoms with van der Waals surface area (Å²) in [4.78, 5) is 4.01. The van der Waals surface area contributed by atoms with Crippen LogP contribution >= 0.6 is 0 Å². The molecular weight excluding hydrogens is 210 g/mol. The molecule has 0 fully saturated rings. The van der Waals surface area contributed by atoms with Crippen LogP contribution in [0.1, 0.15) is 13.3 Å². The number of halogens is 2. The van der Waals surface area contributed by atoms with Gasteiger partial charge in [0, 0.05) is 0 Å². The van der Waals surface area contributed by atoms with Crippen molar-refractivity contribution < 1.29 is 8.78 Å². The van der Waals surface area contributed by atoms with Crippen LogP contribution in [0.3, 0.4) is 0 Å². The lowest BCUT2D eigenvalue weighted by atomic mass is 9.83. The number of aliphatic imine (C=N–C) groups is 1. The van der Waals surface area contributed by atoms with E-state index < -0.39 is 12.7 Å². The summed E-state index contributed by atoms with van der Waals surface area (Å²) in [5.74, 6) is -0.310. The van der Waals surface area contributed by atoms with Crippen molar-refractivity contribution in [1.82, 2.24) is 5.32 Å². The van der Waals surface area contributed by atoms with E-state index in [-0.39, 0.29) is 17.8 Å². The lowest BCUT2D eigenvalue weighted by molar-refractivity contribution is 0.447. The molecule has 88 valence electrons. The molecule has 0 saturated heterocycles. The predicted octanol–water partition coefficient (Wildman–Crippen LogP) is 2.35. The molecule has 0 amide bonds. The molecule has 0 spiro atoms. The number of hydrogen-bond donors (Lipinski definition) is 1. The van der Waals surface area contributed by atoms with E-state index >= 15 is 0 Å². The second-order valence-corrected chi connectivity index (χ2v) is 4.22. The van der Waals surface area contributed by atoms with Gasteiger partial charge in [-0.3, -0.25) is 9.38 Å². The van der Waals surface area contributed by atoms with Crippen molar-refractivity contribution in [2.45, 2.75) is 25.4 Å². The quantitative estimate of drug-likeness (QED) is 0.732. The highest BCUT2D eigenvalue weighted by Crippen LogP contribution is 2.34. The summed E-state index contributed by atoms with van der Waals surface area (Å²) in [6.45, 7) is 5.33. The van der Waals surface area contributed by atoms with Gasteiger partial charge < -0.3 is 12.2 Å². The Bertz CT molecular complexity index is 369. The van der Waals surface area contributed by atoms with Crippen molar-refractivity contribution in [3.8, 4) is 0 Å². The summed E-state index contributed by atoms with van der Waals surface area (Å²) < 4.78 is 26.2. The minimum atomic E-state index is -0.510. The van der Waals surface area contributed by atoms with E-state index in [2.05, 4.69) is 17.2 Å². The zero-order valence-electron chi connectivity index (χ0n) is 9.21. The van der Waals surface area contributed by atoms with Gasteiger partial charge in [-0.05, 0) is 18.1 Å². The van der Waals surface area contributed by atoms with Crippen LogP contribution in [0, 0.1) is 12.8 Å². The lowest BCUT2D eigenvalue weighted by Gasteiger charge is -2.30. The highest BCUT2D eigenvalue weighted by molar-refractivity contribution is 5.63. The largest absolute Gasteiger partial charge is 0.367 e. The molecule has 1 aliphatic carbocycles. The van der Waals surface area contributed by atoms with Gasteiger partial charge in [0.15, 0.2) is 0 Å². The number of nitrogens with one attached hydrogen (secondary N) is 1. The highest BCUT2D eigenvalue weighted by Gasteiger charge is 2.35. The molecule has 2 nitrogen and oxygen atoms in total. The molecule has 16 heavy (non-hydrogen) atoms. The molecule has 1 heterocycles. The van der Waals surface area contributed by atoms with Gasteiger partial charge >= 0.3 is 0 Å². The smallest absolute Gasteiger partial charge is 0.127 e. The summed E-state index contributed by atoms with van der Waals surface area (Å²) in [7, 11) is 0. The fourth-order valence-electron chi connectivity index (χ4n) is 2.27. The molecule has 0 bridgehead atoms. The van der Waals surface area contributed by atoms with E-state index in [1.54, 1.807) is 0 Å². The van der Waals surface area contributed by atoms with Gasteiger partial charge in [-0.25, -0.2) is 4.39 Å². The van der Waals surface area contributed by atoms with Gasteiger partial charge in [-0.2, -0.15) is 0 Å². The van der Waals surface area contributed by atoms with Gasteiger partial charge in [0.25, 0.3) is 0 Å². The van der Waals surface area contributed by atoms with Crippen molar-refractivity contribution in [1.29, 1.82) is 0 Å². The number of allylic oxidation sites excluding steroid dienone is 2. The number of rotatable bonds is 3. The Labute approximate surface area is 94.1 Å². The van der Waals surface area contributed by atoms with Gasteiger partial charge in [-0.15, -0.1) is 5.92 Å². The molecule has 0 aromatic heterocycles. The molecule has 4 heteroatoms. The van der Waals surface area contributed by atoms with Crippen molar-refractivity contribution in [3.63, 3.8) is 0 Å². The van der Waals surface area contributed by atoms with Crippen molar-refractivity contribution in [3.05, 3.63) is 30.0 Å². The van der Waals surface area contributed by atoms with E-state index in [9.17, 15) is 8.78 Å². The molecule has 0 radical (unpaired) electrons. The molecule has 2 rings (SSSR count). The van der Waals surface area contributed by atoms with Crippen molar-refractivity contribution in [2.75, 3.05) is 6.67 Å². The van der Waals surface area contributed by atoms with E-state index in [1.807, 2.05) is 6.92 Å². The number of hydrogen-bond acceptors (Lipinski definition) is 2. The van der Waals surface area contributed by atoms with Crippen LogP contribution in [0.2, 0.25) is 0 Å². The number of nitrogens with zero attached hydrogens (tertiary/aromatic N) is 1. The Morgan fingerprint density at radius 3 is 3.00 bits per heavy atom. The van der Waals surface area contributed by atoms with Crippen molar-refractivity contribution >= 4 is 6.34 Å². The zero-order valence-corrected chi connectivity index (χ0v) is 9.21. The monoisotopic (exact) mass is 225 g/mol. The summed E-state index contributed by atoms with van der Waals surface area (Å²) in [5, 5.41) is 2.98. The average Bonchev–Trinajstić information content (AvgIpc) is 2.71. The third kappa shape index (κ3) is 1.77. The van der Waals surface area contributed by atoms with Crippen molar-refractivity contribution in [2.24, 2.45) is 10.9 Å². The molecule has 1 N–H and O–H groups in total. The van der Waals surface area contributed by atoms with Crippen LogP contribution in [-0.4, -0.2) is 25.1 Å². The zero-order chi connectivity index (χ0) is 11.7. The van der Waals surface area contributed by atoms with Crippen LogP contribution in [-0.2, 0) is 0 Å².